The van der Waals surface area contributed by atoms with Crippen LogP contribution in [0.1, 0.15) is 34.9 Å². The molecule has 0 saturated carbocycles. The Balaban J connectivity index is 1.73. The molecular weight excluding hydrogens is 428 g/mol. The van der Waals surface area contributed by atoms with Crippen molar-refractivity contribution in [3.8, 4) is 0 Å². The first-order valence-electron chi connectivity index (χ1n) is 9.93. The predicted molar refractivity (Wildman–Crippen MR) is 123 cm³/mol. The van der Waals surface area contributed by atoms with E-state index in [-0.39, 0.29) is 5.56 Å². The highest BCUT2D eigenvalue weighted by atomic mass is 32.2. The number of nitrogens with zero attached hydrogens (tertiary/aromatic N) is 1. The number of ketones is 1. The molecule has 3 aromatic rings. The van der Waals surface area contributed by atoms with E-state index in [9.17, 15) is 19.5 Å². The van der Waals surface area contributed by atoms with Crippen molar-refractivity contribution in [3.63, 3.8) is 0 Å². The number of rotatable bonds is 9. The number of carbonyl (C=O) groups is 2. The summed E-state index contributed by atoms with van der Waals surface area (Å²) in [4.78, 5) is 41.8. The van der Waals surface area contributed by atoms with Crippen molar-refractivity contribution in [2.75, 3.05) is 0 Å². The zero-order valence-corrected chi connectivity index (χ0v) is 18.2. The summed E-state index contributed by atoms with van der Waals surface area (Å²) in [6, 6.07) is 16.6. The first kappa shape index (κ1) is 23.0. The van der Waals surface area contributed by atoms with Gasteiger partial charge in [-0.3, -0.25) is 9.59 Å². The third kappa shape index (κ3) is 5.95. The summed E-state index contributed by atoms with van der Waals surface area (Å²) in [5, 5.41) is 19.0. The Morgan fingerprint density at radius 2 is 1.72 bits per heavy atom. The number of aromatic nitrogens is 2. The molecule has 0 saturated heterocycles. The van der Waals surface area contributed by atoms with Crippen LogP contribution in [0.25, 0.3) is 5.76 Å². The Labute approximate surface area is 188 Å². The Hall–Kier alpha value is -3.65. The second kappa shape index (κ2) is 10.6. The third-order valence-electron chi connectivity index (χ3n) is 4.75. The van der Waals surface area contributed by atoms with Crippen LogP contribution < -0.4 is 5.56 Å². The Morgan fingerprint density at radius 1 is 1.03 bits per heavy atom. The molecule has 3 N–H and O–H groups in total. The molecule has 2 aromatic carbocycles. The number of aliphatic carboxylic acids is 1. The maximum absolute atomic E-state index is 12.5. The lowest BCUT2D eigenvalue weighted by Gasteiger charge is -2.09. The van der Waals surface area contributed by atoms with Gasteiger partial charge in [-0.1, -0.05) is 73.3 Å². The monoisotopic (exact) mass is 450 g/mol. The third-order valence-corrected chi connectivity index (χ3v) is 5.70. The van der Waals surface area contributed by atoms with Crippen LogP contribution >= 0.6 is 11.8 Å². The number of thioether (sulfide) groups is 1. The highest BCUT2D eigenvalue weighted by molar-refractivity contribution is 7.98. The molecule has 0 aliphatic rings. The molecule has 0 bridgehead atoms. The van der Waals surface area contributed by atoms with Crippen molar-refractivity contribution < 1.29 is 19.8 Å². The lowest BCUT2D eigenvalue weighted by molar-refractivity contribution is -0.146. The number of aliphatic hydroxyl groups is 1. The highest BCUT2D eigenvalue weighted by Crippen LogP contribution is 2.22. The van der Waals surface area contributed by atoms with Gasteiger partial charge in [-0.2, -0.15) is 0 Å². The summed E-state index contributed by atoms with van der Waals surface area (Å²) in [5.74, 6) is -2.72. The van der Waals surface area contributed by atoms with Crippen LogP contribution in [0.4, 0.5) is 0 Å². The maximum Gasteiger partial charge on any atom is 0.376 e. The molecule has 32 heavy (non-hydrogen) atoms. The van der Waals surface area contributed by atoms with E-state index < -0.39 is 17.5 Å². The molecule has 0 aliphatic heterocycles. The first-order chi connectivity index (χ1) is 15.4. The molecule has 7 nitrogen and oxygen atoms in total. The quantitative estimate of drug-likeness (QED) is 0.149. The van der Waals surface area contributed by atoms with E-state index in [2.05, 4.69) is 9.97 Å². The predicted octanol–water partition coefficient (Wildman–Crippen LogP) is 3.77. The van der Waals surface area contributed by atoms with Crippen LogP contribution in [-0.2, 0) is 28.2 Å². The van der Waals surface area contributed by atoms with Crippen LogP contribution in [0.2, 0.25) is 0 Å². The summed E-state index contributed by atoms with van der Waals surface area (Å²) in [7, 11) is 0. The van der Waals surface area contributed by atoms with Gasteiger partial charge in [-0.15, -0.1) is 0 Å². The van der Waals surface area contributed by atoms with Gasteiger partial charge in [0.2, 0.25) is 0 Å². The van der Waals surface area contributed by atoms with Gasteiger partial charge in [0.25, 0.3) is 11.3 Å². The summed E-state index contributed by atoms with van der Waals surface area (Å²) in [5.41, 5.74) is 3.63. The minimum absolute atomic E-state index is 0.135. The summed E-state index contributed by atoms with van der Waals surface area (Å²) in [6.45, 7) is 1.93. The fraction of sp³-hybridized carbons (Fsp3) is 0.167. The van der Waals surface area contributed by atoms with Crippen molar-refractivity contribution in [1.29, 1.82) is 0 Å². The number of carbonyl (C=O) groups excluding carboxylic acids is 1. The normalized spacial score (nSPS) is 11.3. The van der Waals surface area contributed by atoms with Gasteiger partial charge < -0.3 is 15.2 Å². The molecule has 1 heterocycles. The molecule has 1 aromatic heterocycles. The average molecular weight is 451 g/mol. The topological polar surface area (TPSA) is 120 Å². The average Bonchev–Trinajstić information content (AvgIpc) is 2.78. The molecular formula is C24H22N2O5S. The van der Waals surface area contributed by atoms with E-state index in [1.165, 1.54) is 11.8 Å². The lowest BCUT2D eigenvalue weighted by Crippen LogP contribution is -2.18. The molecule has 3 rings (SSSR count). The number of aliphatic hydroxyl groups excluding tert-OH is 1. The summed E-state index contributed by atoms with van der Waals surface area (Å²) >= 11 is 1.38. The maximum atomic E-state index is 12.5. The van der Waals surface area contributed by atoms with E-state index in [1.54, 1.807) is 24.3 Å². The van der Waals surface area contributed by atoms with Crippen molar-refractivity contribution >= 4 is 29.3 Å². The van der Waals surface area contributed by atoms with Gasteiger partial charge in [0.05, 0.1) is 5.69 Å². The van der Waals surface area contributed by atoms with Gasteiger partial charge in [-0.05, 0) is 17.5 Å². The Kier molecular flexibility index (Phi) is 7.62. The molecule has 0 spiro atoms. The van der Waals surface area contributed by atoms with Gasteiger partial charge >= 0.3 is 5.97 Å². The fourth-order valence-corrected chi connectivity index (χ4v) is 3.92. The van der Waals surface area contributed by atoms with Gasteiger partial charge in [0.1, 0.15) is 5.76 Å². The first-order valence-corrected chi connectivity index (χ1v) is 10.9. The van der Waals surface area contributed by atoms with Gasteiger partial charge in [0.15, 0.2) is 5.16 Å². The van der Waals surface area contributed by atoms with E-state index in [0.29, 0.717) is 41.0 Å². The van der Waals surface area contributed by atoms with E-state index in [4.69, 9.17) is 5.11 Å². The zero-order valence-electron chi connectivity index (χ0n) is 17.4. The van der Waals surface area contributed by atoms with Gasteiger partial charge in [-0.25, -0.2) is 9.78 Å². The number of carboxylic acid groups (broad SMARTS) is 1. The lowest BCUT2D eigenvalue weighted by atomic mass is 10.1. The molecule has 0 unspecified atom stereocenters. The fourth-order valence-electron chi connectivity index (χ4n) is 3.08. The largest absolute Gasteiger partial charge is 0.507 e. The van der Waals surface area contributed by atoms with Crippen LogP contribution in [0.3, 0.4) is 0 Å². The Bertz CT molecular complexity index is 1200. The molecule has 0 fully saturated rings. The van der Waals surface area contributed by atoms with E-state index in [1.807, 2.05) is 37.3 Å². The van der Waals surface area contributed by atoms with Crippen molar-refractivity contribution in [2.24, 2.45) is 0 Å². The minimum Gasteiger partial charge on any atom is -0.507 e. The second-order valence-electron chi connectivity index (χ2n) is 7.00. The molecule has 164 valence electrons. The molecule has 0 aliphatic carbocycles. The molecule has 0 radical (unpaired) electrons. The summed E-state index contributed by atoms with van der Waals surface area (Å²) in [6.07, 6.45) is 1.85. The number of carboxylic acids is 1. The number of hydrogen-bond acceptors (Lipinski definition) is 6. The van der Waals surface area contributed by atoms with Crippen molar-refractivity contribution in [3.05, 3.63) is 99.0 Å². The van der Waals surface area contributed by atoms with Crippen LogP contribution in [0, 0.1) is 0 Å². The Morgan fingerprint density at radius 3 is 2.34 bits per heavy atom. The summed E-state index contributed by atoms with van der Waals surface area (Å²) < 4.78 is 0. The van der Waals surface area contributed by atoms with Crippen LogP contribution in [-0.4, -0.2) is 31.9 Å². The van der Waals surface area contributed by atoms with Crippen LogP contribution in [0.5, 0.6) is 0 Å². The standard InChI is InChI=1S/C24H22N2O5S/c1-2-18-19(12-15-6-4-3-5-7-15)25-24(26-22(18)29)32-14-16-8-10-17(11-9-16)20(27)13-21(28)23(30)31/h3-11,13,27H,2,12,14H2,1H3,(H,30,31)(H,25,26,29)/b20-13-. The second-order valence-corrected chi connectivity index (χ2v) is 7.96. The molecule has 8 heteroatoms. The van der Waals surface area contributed by atoms with Gasteiger partial charge in [0, 0.05) is 29.4 Å². The number of benzene rings is 2. The molecule has 0 amide bonds. The minimum atomic E-state index is -1.63. The smallest absolute Gasteiger partial charge is 0.376 e. The SMILES string of the molecule is CCc1c(Cc2ccccc2)nc(SCc2ccc(/C(O)=C/C(=O)C(=O)O)cc2)[nH]c1=O. The van der Waals surface area contributed by atoms with Crippen molar-refractivity contribution in [1.82, 2.24) is 9.97 Å². The van der Waals surface area contributed by atoms with E-state index >= 15 is 0 Å². The van der Waals surface area contributed by atoms with E-state index in [0.717, 1.165) is 16.8 Å². The number of hydrogen-bond donors (Lipinski definition) is 3. The number of H-pyrrole nitrogens is 1. The number of aromatic amines is 1. The highest BCUT2D eigenvalue weighted by Gasteiger charge is 2.12. The van der Waals surface area contributed by atoms with Crippen molar-refractivity contribution in [2.45, 2.75) is 30.7 Å². The molecule has 0 atom stereocenters. The van der Waals surface area contributed by atoms with Crippen LogP contribution in [0.15, 0.2) is 70.6 Å². The number of nitrogens with one attached hydrogen (secondary N) is 1. The zero-order chi connectivity index (χ0) is 23.1.